The second kappa shape index (κ2) is 13.9. The number of primary amides is 1. The van der Waals surface area contributed by atoms with E-state index in [0.29, 0.717) is 23.7 Å². The van der Waals surface area contributed by atoms with Crippen LogP contribution in [0.1, 0.15) is 71.6 Å². The van der Waals surface area contributed by atoms with E-state index in [1.165, 1.54) is 12.3 Å². The summed E-state index contributed by atoms with van der Waals surface area (Å²) in [5.41, 5.74) is 4.54. The molecule has 6 fully saturated rings. The third-order valence-corrected chi connectivity index (χ3v) is 12.0. The first-order valence-electron chi connectivity index (χ1n) is 18.6. The first-order chi connectivity index (χ1) is 26.2. The molecule has 3 saturated carbocycles. The minimum Gasteiger partial charge on any atom is -0.374 e. The lowest BCUT2D eigenvalue weighted by molar-refractivity contribution is -0.218. The molecule has 1 unspecified atom stereocenters. The number of nitrogens with one attached hydrogen (secondary N) is 3. The van der Waals surface area contributed by atoms with Crippen LogP contribution in [0.3, 0.4) is 0 Å². The molecule has 3 aliphatic heterocycles. The normalized spacial score (nSPS) is 26.2. The van der Waals surface area contributed by atoms with Crippen molar-refractivity contribution in [2.24, 2.45) is 11.7 Å². The maximum Gasteiger partial charge on any atom is 0.433 e. The van der Waals surface area contributed by atoms with Crippen LogP contribution in [-0.4, -0.2) is 106 Å². The van der Waals surface area contributed by atoms with E-state index in [0.717, 1.165) is 96.1 Å². The topological polar surface area (TPSA) is 171 Å². The van der Waals surface area contributed by atoms with Crippen molar-refractivity contribution in [2.75, 3.05) is 61.3 Å². The lowest BCUT2D eigenvalue weighted by Crippen LogP contribution is -2.80. The van der Waals surface area contributed by atoms with Gasteiger partial charge >= 0.3 is 6.18 Å². The maximum absolute atomic E-state index is 15.2. The second-order valence-corrected chi connectivity index (χ2v) is 15.6. The standard InChI is InChI=1S/C37H42F4N10O4/c38-24-16-23(43-26-5-7-30(52)46-34(26)55)4-6-28(24)49-10-8-22(9-11-49)17-48-12-14-50(15-13-48)35-19-36(20-35,21-35)51-18-27(31(47-51)32(42)53)45-33(54)25-2-1-3-29(44-25)37(39,40)41/h1-4,6,16,18,22,26,43H,5,7-15,17,19-21H2,(H2,42,53)(H,45,54)(H,46,52,55). The molecule has 2 aromatic heterocycles. The molecule has 6 aliphatic rings. The van der Waals surface area contributed by atoms with Gasteiger partial charge in [0.1, 0.15) is 23.2 Å². The van der Waals surface area contributed by atoms with Gasteiger partial charge in [0.15, 0.2) is 5.69 Å². The summed E-state index contributed by atoms with van der Waals surface area (Å²) in [4.78, 5) is 59.1. The van der Waals surface area contributed by atoms with Crippen LogP contribution >= 0.6 is 0 Å². The summed E-state index contributed by atoms with van der Waals surface area (Å²) in [6, 6.07) is 7.38. The molecule has 3 aromatic rings. The Morgan fingerprint density at radius 3 is 2.35 bits per heavy atom. The highest BCUT2D eigenvalue weighted by atomic mass is 19.4. The van der Waals surface area contributed by atoms with E-state index in [-0.39, 0.29) is 40.6 Å². The van der Waals surface area contributed by atoms with Gasteiger partial charge in [-0.05, 0) is 74.8 Å². The van der Waals surface area contributed by atoms with E-state index in [4.69, 9.17) is 5.73 Å². The summed E-state index contributed by atoms with van der Waals surface area (Å²) >= 11 is 0. The van der Waals surface area contributed by atoms with Crippen LogP contribution in [0, 0.1) is 11.7 Å². The Hall–Kier alpha value is -5.10. The van der Waals surface area contributed by atoms with Crippen molar-refractivity contribution in [2.45, 2.75) is 68.2 Å². The maximum atomic E-state index is 15.2. The lowest BCUT2D eigenvalue weighted by atomic mass is 9.43. The second-order valence-electron chi connectivity index (χ2n) is 15.6. The van der Waals surface area contributed by atoms with Gasteiger partial charge in [-0.15, -0.1) is 0 Å². The Kier molecular flexibility index (Phi) is 9.30. The van der Waals surface area contributed by atoms with Gasteiger partial charge in [-0.25, -0.2) is 9.37 Å². The number of benzene rings is 1. The van der Waals surface area contributed by atoms with Gasteiger partial charge < -0.3 is 26.2 Å². The van der Waals surface area contributed by atoms with Crippen LogP contribution < -0.4 is 26.6 Å². The number of piperazine rings is 1. The molecule has 3 aliphatic carbocycles. The lowest BCUT2D eigenvalue weighted by Gasteiger charge is -2.74. The number of nitrogens with two attached hydrogens (primary N) is 1. The van der Waals surface area contributed by atoms with Gasteiger partial charge in [0.05, 0.1) is 23.1 Å². The number of halogens is 4. The van der Waals surface area contributed by atoms with E-state index < -0.39 is 41.3 Å². The van der Waals surface area contributed by atoms with E-state index in [9.17, 15) is 32.3 Å². The predicted molar refractivity (Wildman–Crippen MR) is 192 cm³/mol. The number of carbonyl (C=O) groups is 4. The van der Waals surface area contributed by atoms with E-state index in [2.05, 4.69) is 40.7 Å². The van der Waals surface area contributed by atoms with E-state index in [1.807, 2.05) is 0 Å². The highest BCUT2D eigenvalue weighted by molar-refractivity contribution is 6.07. The van der Waals surface area contributed by atoms with Crippen LogP contribution in [0.2, 0.25) is 0 Å². The summed E-state index contributed by atoms with van der Waals surface area (Å²) in [7, 11) is 0. The summed E-state index contributed by atoms with van der Waals surface area (Å²) in [5, 5.41) is 12.2. The number of amides is 4. The molecule has 5 N–H and O–H groups in total. The number of imide groups is 1. The number of anilines is 3. The molecule has 292 valence electrons. The molecule has 55 heavy (non-hydrogen) atoms. The highest BCUT2D eigenvalue weighted by Crippen LogP contribution is 2.68. The van der Waals surface area contributed by atoms with Gasteiger partial charge in [0.2, 0.25) is 11.8 Å². The van der Waals surface area contributed by atoms with Gasteiger partial charge in [-0.2, -0.15) is 18.3 Å². The van der Waals surface area contributed by atoms with E-state index in [1.54, 1.807) is 16.8 Å². The Morgan fingerprint density at radius 2 is 1.69 bits per heavy atom. The Bertz CT molecular complexity index is 2000. The fraction of sp³-hybridized carbons (Fsp3) is 0.514. The summed E-state index contributed by atoms with van der Waals surface area (Å²) in [6.45, 7) is 6.24. The number of piperidine rings is 2. The zero-order valence-electron chi connectivity index (χ0n) is 30.0. The number of nitrogens with zero attached hydrogens (tertiary/aromatic N) is 6. The van der Waals surface area contributed by atoms with Crippen molar-refractivity contribution in [1.82, 2.24) is 29.9 Å². The molecule has 5 heterocycles. The largest absolute Gasteiger partial charge is 0.433 e. The Balaban J connectivity index is 0.796. The zero-order valence-corrected chi connectivity index (χ0v) is 30.0. The summed E-state index contributed by atoms with van der Waals surface area (Å²) in [6.07, 6.45) is 1.82. The predicted octanol–water partition coefficient (Wildman–Crippen LogP) is 3.17. The van der Waals surface area contributed by atoms with Gasteiger partial charge in [-0.1, -0.05) is 6.07 Å². The number of alkyl halides is 3. The SMILES string of the molecule is NC(=O)c1nn(C23CC(N4CCN(CC5CCN(c6ccc(NC7CCC(=O)NC7=O)cc6F)CC5)CC4)(C2)C3)cc1NC(=O)c1cccc(C(F)(F)F)n1. The van der Waals surface area contributed by atoms with Crippen LogP contribution in [0.25, 0.3) is 0 Å². The van der Waals surface area contributed by atoms with Crippen molar-refractivity contribution >= 4 is 40.7 Å². The van der Waals surface area contributed by atoms with Gasteiger partial charge in [0.25, 0.3) is 11.8 Å². The minimum atomic E-state index is -4.72. The Labute approximate surface area is 313 Å². The molecule has 3 saturated heterocycles. The molecule has 1 aromatic carbocycles. The van der Waals surface area contributed by atoms with Gasteiger partial charge in [-0.3, -0.25) is 34.1 Å². The molecule has 4 amide bonds. The molecule has 14 nitrogen and oxygen atoms in total. The molecule has 2 bridgehead atoms. The summed E-state index contributed by atoms with van der Waals surface area (Å²) in [5.74, 6) is -2.30. The number of hydrogen-bond donors (Lipinski definition) is 4. The molecule has 0 radical (unpaired) electrons. The highest BCUT2D eigenvalue weighted by Gasteiger charge is 2.72. The molecular formula is C37H42F4N10O4. The molecule has 9 rings (SSSR count). The average Bonchev–Trinajstić information content (AvgIpc) is 3.53. The third-order valence-electron chi connectivity index (χ3n) is 12.0. The third kappa shape index (κ3) is 7.12. The molecule has 1 atom stereocenters. The smallest absolute Gasteiger partial charge is 0.374 e. The number of aromatic nitrogens is 3. The first-order valence-corrected chi connectivity index (χ1v) is 18.6. The molecule has 0 spiro atoms. The minimum absolute atomic E-state index is 0.0253. The number of carbonyl (C=O) groups excluding carboxylic acids is 4. The van der Waals surface area contributed by atoms with Crippen LogP contribution in [0.5, 0.6) is 0 Å². The molecule has 18 heteroatoms. The van der Waals surface area contributed by atoms with Crippen LogP contribution in [-0.2, 0) is 21.3 Å². The summed E-state index contributed by atoms with van der Waals surface area (Å²) < 4.78 is 56.3. The van der Waals surface area contributed by atoms with Crippen molar-refractivity contribution < 1.29 is 36.7 Å². The Morgan fingerprint density at radius 1 is 0.964 bits per heavy atom. The quantitative estimate of drug-likeness (QED) is 0.178. The number of rotatable bonds is 10. The monoisotopic (exact) mass is 766 g/mol. The van der Waals surface area contributed by atoms with Crippen LogP contribution in [0.4, 0.5) is 34.6 Å². The first kappa shape index (κ1) is 36.9. The van der Waals surface area contributed by atoms with Crippen molar-refractivity contribution in [3.63, 3.8) is 0 Å². The van der Waals surface area contributed by atoms with Gasteiger partial charge in [0, 0.05) is 63.5 Å². The van der Waals surface area contributed by atoms with Crippen molar-refractivity contribution in [1.29, 1.82) is 0 Å². The van der Waals surface area contributed by atoms with Crippen LogP contribution in [0.15, 0.2) is 42.6 Å². The number of pyridine rings is 1. The van der Waals surface area contributed by atoms with Crippen molar-refractivity contribution in [3.8, 4) is 0 Å². The zero-order chi connectivity index (χ0) is 38.7. The molecular weight excluding hydrogens is 724 g/mol. The fourth-order valence-corrected chi connectivity index (χ4v) is 9.07. The van der Waals surface area contributed by atoms with Crippen molar-refractivity contribution in [3.05, 3.63) is 65.5 Å². The number of hydrogen-bond acceptors (Lipinski definition) is 10. The van der Waals surface area contributed by atoms with E-state index >= 15 is 4.39 Å². The fourth-order valence-electron chi connectivity index (χ4n) is 9.07. The average molecular weight is 767 g/mol.